The minimum atomic E-state index is 0.604. The molecule has 0 unspecified atom stereocenters. The number of piperazine rings is 1. The Morgan fingerprint density at radius 2 is 1.80 bits per heavy atom. The minimum Gasteiger partial charge on any atom is -0.375 e. The SMILES string of the molecule is CN1CCN(CCc2nc(-c3csc(N)n3)cs2)CC1. The highest BCUT2D eigenvalue weighted by molar-refractivity contribution is 7.14. The highest BCUT2D eigenvalue weighted by atomic mass is 32.1. The van der Waals surface area contributed by atoms with E-state index in [9.17, 15) is 0 Å². The van der Waals surface area contributed by atoms with Crippen molar-refractivity contribution in [2.45, 2.75) is 6.42 Å². The molecule has 0 atom stereocenters. The molecule has 5 nitrogen and oxygen atoms in total. The number of hydrogen-bond acceptors (Lipinski definition) is 7. The fourth-order valence-electron chi connectivity index (χ4n) is 2.27. The lowest BCUT2D eigenvalue weighted by atomic mass is 10.3. The molecule has 0 spiro atoms. The summed E-state index contributed by atoms with van der Waals surface area (Å²) in [4.78, 5) is 13.8. The summed E-state index contributed by atoms with van der Waals surface area (Å²) in [5.41, 5.74) is 7.52. The third-order valence-corrected chi connectivity index (χ3v) is 5.16. The molecule has 1 saturated heterocycles. The van der Waals surface area contributed by atoms with E-state index in [2.05, 4.69) is 32.2 Å². The van der Waals surface area contributed by atoms with Gasteiger partial charge in [-0.15, -0.1) is 22.7 Å². The second-order valence-corrected chi connectivity index (χ2v) is 6.92. The third-order valence-electron chi connectivity index (χ3n) is 3.57. The fraction of sp³-hybridized carbons (Fsp3) is 0.538. The van der Waals surface area contributed by atoms with Gasteiger partial charge in [0.15, 0.2) is 5.13 Å². The molecular weight excluding hydrogens is 290 g/mol. The van der Waals surface area contributed by atoms with Crippen LogP contribution in [0.25, 0.3) is 11.4 Å². The quantitative estimate of drug-likeness (QED) is 0.930. The van der Waals surface area contributed by atoms with Gasteiger partial charge in [0.05, 0.1) is 5.01 Å². The van der Waals surface area contributed by atoms with Crippen LogP contribution in [0.4, 0.5) is 5.13 Å². The maximum absolute atomic E-state index is 5.66. The van der Waals surface area contributed by atoms with Crippen LogP contribution in [-0.4, -0.2) is 59.5 Å². The van der Waals surface area contributed by atoms with E-state index in [0.29, 0.717) is 5.13 Å². The van der Waals surface area contributed by atoms with Crippen LogP contribution >= 0.6 is 22.7 Å². The van der Waals surface area contributed by atoms with Crippen molar-refractivity contribution in [2.75, 3.05) is 45.5 Å². The molecule has 2 aromatic rings. The Labute approximate surface area is 127 Å². The molecule has 1 fully saturated rings. The van der Waals surface area contributed by atoms with Crippen LogP contribution in [0.5, 0.6) is 0 Å². The van der Waals surface area contributed by atoms with Crippen molar-refractivity contribution in [3.05, 3.63) is 15.8 Å². The summed E-state index contributed by atoms with van der Waals surface area (Å²) in [6.45, 7) is 5.76. The number of thiazole rings is 2. The second kappa shape index (κ2) is 6.17. The molecule has 0 amide bonds. The molecule has 108 valence electrons. The maximum atomic E-state index is 5.66. The van der Waals surface area contributed by atoms with Crippen LogP contribution in [0, 0.1) is 0 Å². The fourth-order valence-corrected chi connectivity index (χ4v) is 3.61. The van der Waals surface area contributed by atoms with Crippen LogP contribution in [0.3, 0.4) is 0 Å². The summed E-state index contributed by atoms with van der Waals surface area (Å²) in [7, 11) is 2.18. The van der Waals surface area contributed by atoms with E-state index in [1.54, 1.807) is 11.3 Å². The molecule has 1 aliphatic heterocycles. The van der Waals surface area contributed by atoms with Gasteiger partial charge in [-0.25, -0.2) is 9.97 Å². The zero-order valence-corrected chi connectivity index (χ0v) is 13.2. The average molecular weight is 309 g/mol. The van der Waals surface area contributed by atoms with E-state index in [-0.39, 0.29) is 0 Å². The smallest absolute Gasteiger partial charge is 0.180 e. The number of nitrogen functional groups attached to an aromatic ring is 1. The topological polar surface area (TPSA) is 58.3 Å². The Kier molecular flexibility index (Phi) is 4.30. The van der Waals surface area contributed by atoms with Crippen molar-refractivity contribution < 1.29 is 0 Å². The zero-order chi connectivity index (χ0) is 13.9. The van der Waals surface area contributed by atoms with Gasteiger partial charge in [0, 0.05) is 49.9 Å². The Balaban J connectivity index is 1.55. The Morgan fingerprint density at radius 1 is 1.10 bits per heavy atom. The van der Waals surface area contributed by atoms with Crippen molar-refractivity contribution >= 4 is 27.8 Å². The molecule has 0 saturated carbocycles. The normalized spacial score (nSPS) is 17.6. The van der Waals surface area contributed by atoms with Crippen molar-refractivity contribution in [3.8, 4) is 11.4 Å². The number of anilines is 1. The van der Waals surface area contributed by atoms with Crippen molar-refractivity contribution in [3.63, 3.8) is 0 Å². The first-order valence-electron chi connectivity index (χ1n) is 6.77. The molecule has 2 N–H and O–H groups in total. The lowest BCUT2D eigenvalue weighted by molar-refractivity contribution is 0.155. The van der Waals surface area contributed by atoms with Gasteiger partial charge < -0.3 is 15.5 Å². The molecule has 0 aliphatic carbocycles. The van der Waals surface area contributed by atoms with Gasteiger partial charge in [-0.3, -0.25) is 0 Å². The van der Waals surface area contributed by atoms with Gasteiger partial charge >= 0.3 is 0 Å². The molecular formula is C13H19N5S2. The van der Waals surface area contributed by atoms with Crippen LogP contribution in [-0.2, 0) is 6.42 Å². The van der Waals surface area contributed by atoms with Crippen LogP contribution in [0.15, 0.2) is 10.8 Å². The number of hydrogen-bond donors (Lipinski definition) is 1. The first kappa shape index (κ1) is 13.9. The third kappa shape index (κ3) is 3.35. The van der Waals surface area contributed by atoms with E-state index < -0.39 is 0 Å². The number of rotatable bonds is 4. The van der Waals surface area contributed by atoms with E-state index in [1.807, 2.05) is 5.38 Å². The van der Waals surface area contributed by atoms with Gasteiger partial charge in [0.25, 0.3) is 0 Å². The first-order chi connectivity index (χ1) is 9.70. The molecule has 1 aliphatic rings. The van der Waals surface area contributed by atoms with E-state index in [1.165, 1.54) is 29.4 Å². The highest BCUT2D eigenvalue weighted by Gasteiger charge is 2.14. The van der Waals surface area contributed by atoms with Crippen molar-refractivity contribution in [1.29, 1.82) is 0 Å². The highest BCUT2D eigenvalue weighted by Crippen LogP contribution is 2.24. The molecule has 0 aromatic carbocycles. The molecule has 3 rings (SSSR count). The first-order valence-corrected chi connectivity index (χ1v) is 8.53. The number of nitrogens with two attached hydrogens (primary N) is 1. The summed E-state index contributed by atoms with van der Waals surface area (Å²) in [6, 6.07) is 0. The summed E-state index contributed by atoms with van der Waals surface area (Å²) in [5, 5.41) is 5.83. The van der Waals surface area contributed by atoms with Crippen LogP contribution in [0.2, 0.25) is 0 Å². The molecule has 7 heteroatoms. The second-order valence-electron chi connectivity index (χ2n) is 5.09. The van der Waals surface area contributed by atoms with Crippen molar-refractivity contribution in [2.24, 2.45) is 0 Å². The van der Waals surface area contributed by atoms with Crippen LogP contribution in [0.1, 0.15) is 5.01 Å². The van der Waals surface area contributed by atoms with Gasteiger partial charge in [0.1, 0.15) is 11.4 Å². The van der Waals surface area contributed by atoms with E-state index in [0.717, 1.165) is 37.4 Å². The molecule has 20 heavy (non-hydrogen) atoms. The van der Waals surface area contributed by atoms with Gasteiger partial charge in [-0.2, -0.15) is 0 Å². The van der Waals surface area contributed by atoms with Crippen LogP contribution < -0.4 is 5.73 Å². The largest absolute Gasteiger partial charge is 0.375 e. The summed E-state index contributed by atoms with van der Waals surface area (Å²) >= 11 is 3.18. The summed E-state index contributed by atoms with van der Waals surface area (Å²) in [6.07, 6.45) is 1.02. The summed E-state index contributed by atoms with van der Waals surface area (Å²) in [5.74, 6) is 0. The standard InChI is InChI=1S/C13H19N5S2/c1-17-4-6-18(7-5-17)3-2-12-15-10(8-19-12)11-9-20-13(14)16-11/h8-9H,2-7H2,1H3,(H2,14,16). The zero-order valence-electron chi connectivity index (χ0n) is 11.6. The number of nitrogens with zero attached hydrogens (tertiary/aromatic N) is 4. The predicted octanol–water partition coefficient (Wildman–Crippen LogP) is 1.64. The van der Waals surface area contributed by atoms with Crippen molar-refractivity contribution in [1.82, 2.24) is 19.8 Å². The monoisotopic (exact) mass is 309 g/mol. The molecule has 0 radical (unpaired) electrons. The molecule has 0 bridgehead atoms. The lowest BCUT2D eigenvalue weighted by Gasteiger charge is -2.32. The van der Waals surface area contributed by atoms with Gasteiger partial charge in [0.2, 0.25) is 0 Å². The lowest BCUT2D eigenvalue weighted by Crippen LogP contribution is -2.45. The van der Waals surface area contributed by atoms with Gasteiger partial charge in [-0.05, 0) is 7.05 Å². The van der Waals surface area contributed by atoms with E-state index >= 15 is 0 Å². The average Bonchev–Trinajstić information content (AvgIpc) is 3.07. The molecule has 2 aromatic heterocycles. The summed E-state index contributed by atoms with van der Waals surface area (Å²) < 4.78 is 0. The number of likely N-dealkylation sites (N-methyl/N-ethyl adjacent to an activating group) is 1. The Bertz CT molecular complexity index is 557. The Morgan fingerprint density at radius 3 is 2.50 bits per heavy atom. The number of aromatic nitrogens is 2. The predicted molar refractivity (Wildman–Crippen MR) is 85.3 cm³/mol. The maximum Gasteiger partial charge on any atom is 0.180 e. The van der Waals surface area contributed by atoms with Gasteiger partial charge in [-0.1, -0.05) is 0 Å². The Hall–Kier alpha value is -1.02. The molecule has 3 heterocycles. The van der Waals surface area contributed by atoms with E-state index in [4.69, 9.17) is 5.73 Å². The minimum absolute atomic E-state index is 0.604.